The van der Waals surface area contributed by atoms with Crippen LogP contribution in [0.3, 0.4) is 0 Å². The van der Waals surface area contributed by atoms with Crippen molar-refractivity contribution in [1.29, 1.82) is 0 Å². The second kappa shape index (κ2) is 6.88. The van der Waals surface area contributed by atoms with Crippen molar-refractivity contribution < 1.29 is 18.0 Å². The number of benzene rings is 1. The van der Waals surface area contributed by atoms with Crippen molar-refractivity contribution in [2.45, 2.75) is 19.0 Å². The third-order valence-electron chi connectivity index (χ3n) is 3.57. The number of fused-ring (bicyclic) bond motifs is 1. The van der Waals surface area contributed by atoms with Crippen LogP contribution in [0, 0.1) is 0 Å². The molecule has 1 aromatic carbocycles. The molecule has 3 aromatic rings. The number of carbonyl (C=O) groups excluding carboxylic acids is 1. The van der Waals surface area contributed by atoms with Crippen molar-refractivity contribution >= 4 is 11.7 Å². The SMILES string of the molecule is O=C(NCCCc1cnc2ncnn2c1)c1cccc(C(F)(F)F)c1. The molecule has 9 heteroatoms. The van der Waals surface area contributed by atoms with E-state index in [2.05, 4.69) is 20.4 Å². The van der Waals surface area contributed by atoms with Gasteiger partial charge < -0.3 is 5.32 Å². The summed E-state index contributed by atoms with van der Waals surface area (Å²) in [6.45, 7) is 0.338. The number of rotatable bonds is 5. The summed E-state index contributed by atoms with van der Waals surface area (Å²) in [5.41, 5.74) is 0.0687. The number of halogens is 3. The molecule has 3 rings (SSSR count). The van der Waals surface area contributed by atoms with E-state index in [1.165, 1.54) is 18.5 Å². The van der Waals surface area contributed by atoms with Crippen LogP contribution in [-0.2, 0) is 12.6 Å². The predicted octanol–water partition coefficient (Wildman–Crippen LogP) is 2.51. The van der Waals surface area contributed by atoms with Gasteiger partial charge in [-0.15, -0.1) is 0 Å². The van der Waals surface area contributed by atoms with Gasteiger partial charge in [0.1, 0.15) is 6.33 Å². The Balaban J connectivity index is 1.52. The second-order valence-corrected chi connectivity index (χ2v) is 5.40. The second-order valence-electron chi connectivity index (χ2n) is 5.40. The van der Waals surface area contributed by atoms with E-state index >= 15 is 0 Å². The molecule has 0 spiro atoms. The molecule has 0 unspecified atom stereocenters. The van der Waals surface area contributed by atoms with Gasteiger partial charge in [0.05, 0.1) is 5.56 Å². The molecule has 0 atom stereocenters. The first-order chi connectivity index (χ1) is 11.9. The molecule has 0 aliphatic heterocycles. The Hall–Kier alpha value is -2.97. The topological polar surface area (TPSA) is 72.2 Å². The predicted molar refractivity (Wildman–Crippen MR) is 82.9 cm³/mol. The van der Waals surface area contributed by atoms with Crippen LogP contribution >= 0.6 is 0 Å². The minimum Gasteiger partial charge on any atom is -0.352 e. The van der Waals surface area contributed by atoms with Crippen molar-refractivity contribution in [3.63, 3.8) is 0 Å². The summed E-state index contributed by atoms with van der Waals surface area (Å²) in [6, 6.07) is 4.35. The molecule has 130 valence electrons. The normalized spacial score (nSPS) is 11.6. The van der Waals surface area contributed by atoms with E-state index in [1.54, 1.807) is 16.9 Å². The molecule has 2 aromatic heterocycles. The number of aromatic nitrogens is 4. The van der Waals surface area contributed by atoms with Crippen LogP contribution in [0.5, 0.6) is 0 Å². The van der Waals surface area contributed by atoms with Crippen molar-refractivity contribution in [2.24, 2.45) is 0 Å². The van der Waals surface area contributed by atoms with Gasteiger partial charge >= 0.3 is 6.18 Å². The summed E-state index contributed by atoms with van der Waals surface area (Å²) < 4.78 is 39.5. The van der Waals surface area contributed by atoms with Gasteiger partial charge in [-0.2, -0.15) is 23.3 Å². The molecule has 6 nitrogen and oxygen atoms in total. The largest absolute Gasteiger partial charge is 0.416 e. The maximum absolute atomic E-state index is 12.7. The van der Waals surface area contributed by atoms with Crippen LogP contribution in [0.15, 0.2) is 43.0 Å². The van der Waals surface area contributed by atoms with Gasteiger partial charge in [0, 0.05) is 24.5 Å². The summed E-state index contributed by atoms with van der Waals surface area (Å²) in [6.07, 6.45) is 1.67. The van der Waals surface area contributed by atoms with E-state index in [-0.39, 0.29) is 5.56 Å². The molecule has 0 fully saturated rings. The highest BCUT2D eigenvalue weighted by Crippen LogP contribution is 2.29. The average Bonchev–Trinajstić information content (AvgIpc) is 3.05. The minimum absolute atomic E-state index is 0.0134. The Morgan fingerprint density at radius 1 is 1.24 bits per heavy atom. The number of hydrogen-bond acceptors (Lipinski definition) is 4. The smallest absolute Gasteiger partial charge is 0.352 e. The summed E-state index contributed by atoms with van der Waals surface area (Å²) >= 11 is 0. The number of nitrogens with zero attached hydrogens (tertiary/aromatic N) is 4. The zero-order chi connectivity index (χ0) is 17.9. The summed E-state index contributed by atoms with van der Waals surface area (Å²) in [7, 11) is 0. The van der Waals surface area contributed by atoms with Crippen LogP contribution in [-0.4, -0.2) is 32.0 Å². The summed E-state index contributed by atoms with van der Waals surface area (Å²) in [5, 5.41) is 6.60. The Kier molecular flexibility index (Phi) is 4.64. The standard InChI is InChI=1S/C16H14F3N5O/c17-16(18,19)13-5-1-4-12(7-13)14(25)20-6-2-3-11-8-21-15-22-10-23-24(15)9-11/h1,4-5,7-10H,2-3,6H2,(H,20,25). The van der Waals surface area contributed by atoms with Gasteiger partial charge in [0.2, 0.25) is 0 Å². The van der Waals surface area contributed by atoms with Crippen molar-refractivity contribution in [2.75, 3.05) is 6.54 Å². The van der Waals surface area contributed by atoms with Crippen LogP contribution < -0.4 is 5.32 Å². The number of hydrogen-bond donors (Lipinski definition) is 1. The van der Waals surface area contributed by atoms with E-state index in [9.17, 15) is 18.0 Å². The highest BCUT2D eigenvalue weighted by Gasteiger charge is 2.30. The lowest BCUT2D eigenvalue weighted by Crippen LogP contribution is -2.25. The molecule has 0 bridgehead atoms. The van der Waals surface area contributed by atoms with Crippen LogP contribution in [0.25, 0.3) is 5.78 Å². The fourth-order valence-electron chi connectivity index (χ4n) is 2.32. The Bertz CT molecular complexity index is 891. The quantitative estimate of drug-likeness (QED) is 0.719. The van der Waals surface area contributed by atoms with Gasteiger partial charge in [-0.1, -0.05) is 6.07 Å². The Labute approximate surface area is 140 Å². The number of amides is 1. The minimum atomic E-state index is -4.47. The lowest BCUT2D eigenvalue weighted by atomic mass is 10.1. The molecule has 25 heavy (non-hydrogen) atoms. The molecule has 2 heterocycles. The molecule has 0 radical (unpaired) electrons. The zero-order valence-corrected chi connectivity index (χ0v) is 13.0. The lowest BCUT2D eigenvalue weighted by Gasteiger charge is -2.09. The average molecular weight is 349 g/mol. The van der Waals surface area contributed by atoms with Gasteiger partial charge in [-0.25, -0.2) is 9.50 Å². The fourth-order valence-corrected chi connectivity index (χ4v) is 2.32. The molecule has 0 aliphatic carbocycles. The van der Waals surface area contributed by atoms with E-state index in [0.29, 0.717) is 25.2 Å². The van der Waals surface area contributed by atoms with Gasteiger partial charge in [0.25, 0.3) is 11.7 Å². The van der Waals surface area contributed by atoms with Crippen LogP contribution in [0.1, 0.15) is 27.9 Å². The Morgan fingerprint density at radius 3 is 2.88 bits per heavy atom. The first kappa shape index (κ1) is 16.9. The lowest BCUT2D eigenvalue weighted by molar-refractivity contribution is -0.137. The third kappa shape index (κ3) is 4.11. The third-order valence-corrected chi connectivity index (χ3v) is 3.57. The number of carbonyl (C=O) groups is 1. The molecule has 1 amide bonds. The molecule has 0 aliphatic rings. The zero-order valence-electron chi connectivity index (χ0n) is 13.0. The monoisotopic (exact) mass is 349 g/mol. The maximum atomic E-state index is 12.7. The summed E-state index contributed by atoms with van der Waals surface area (Å²) in [5.74, 6) is -0.0300. The van der Waals surface area contributed by atoms with E-state index in [0.717, 1.165) is 17.7 Å². The number of alkyl halides is 3. The van der Waals surface area contributed by atoms with Gasteiger partial charge in [-0.05, 0) is 36.6 Å². The first-order valence-corrected chi connectivity index (χ1v) is 7.53. The maximum Gasteiger partial charge on any atom is 0.416 e. The van der Waals surface area contributed by atoms with Crippen molar-refractivity contribution in [3.8, 4) is 0 Å². The molecular weight excluding hydrogens is 335 g/mol. The molecule has 0 saturated heterocycles. The van der Waals surface area contributed by atoms with Crippen LogP contribution in [0.4, 0.5) is 13.2 Å². The molecular formula is C16H14F3N5O. The van der Waals surface area contributed by atoms with Gasteiger partial charge in [-0.3, -0.25) is 4.79 Å². The van der Waals surface area contributed by atoms with Gasteiger partial charge in [0.15, 0.2) is 0 Å². The molecule has 0 saturated carbocycles. The highest BCUT2D eigenvalue weighted by molar-refractivity contribution is 5.94. The summed E-state index contributed by atoms with van der Waals surface area (Å²) in [4.78, 5) is 20.0. The van der Waals surface area contributed by atoms with Crippen molar-refractivity contribution in [3.05, 3.63) is 59.7 Å². The van der Waals surface area contributed by atoms with Crippen molar-refractivity contribution in [1.82, 2.24) is 24.9 Å². The molecule has 1 N–H and O–H groups in total. The van der Waals surface area contributed by atoms with Crippen LogP contribution in [0.2, 0.25) is 0 Å². The number of nitrogens with one attached hydrogen (secondary N) is 1. The van der Waals surface area contributed by atoms with E-state index in [4.69, 9.17) is 0 Å². The first-order valence-electron chi connectivity index (χ1n) is 7.53. The Morgan fingerprint density at radius 2 is 2.08 bits per heavy atom. The fraction of sp³-hybridized carbons (Fsp3) is 0.250. The number of aryl methyl sites for hydroxylation is 1. The van der Waals surface area contributed by atoms with E-state index in [1.807, 2.05) is 0 Å². The van der Waals surface area contributed by atoms with E-state index < -0.39 is 17.6 Å². The highest BCUT2D eigenvalue weighted by atomic mass is 19.4.